The Morgan fingerprint density at radius 1 is 0.958 bits per heavy atom. The molecule has 0 aliphatic heterocycles. The quantitative estimate of drug-likeness (QED) is 0.559. The lowest BCUT2D eigenvalue weighted by atomic mass is 9.93. The number of allylic oxidation sites excluding steroid dienone is 5. The second-order valence-corrected chi connectivity index (χ2v) is 5.60. The molecular weight excluding hydrogens is 309 g/mol. The summed E-state index contributed by atoms with van der Waals surface area (Å²) < 4.78 is 41.9. The van der Waals surface area contributed by atoms with Gasteiger partial charge >= 0.3 is 0 Å². The molecule has 0 bridgehead atoms. The van der Waals surface area contributed by atoms with E-state index in [0.29, 0.717) is 16.7 Å². The molecule has 2 aromatic carbocycles. The second kappa shape index (κ2) is 7.35. The van der Waals surface area contributed by atoms with Crippen molar-refractivity contribution in [1.29, 1.82) is 0 Å². The van der Waals surface area contributed by atoms with Crippen molar-refractivity contribution in [2.45, 2.75) is 20.8 Å². The summed E-state index contributed by atoms with van der Waals surface area (Å²) in [6.45, 7) is 8.75. The summed E-state index contributed by atoms with van der Waals surface area (Å²) in [4.78, 5) is 0. The van der Waals surface area contributed by atoms with Crippen LogP contribution in [0.15, 0.2) is 55.1 Å². The number of aryl methyl sites for hydroxylation is 2. The van der Waals surface area contributed by atoms with Crippen LogP contribution in [-0.2, 0) is 0 Å². The van der Waals surface area contributed by atoms with E-state index in [1.165, 1.54) is 19.1 Å². The molecule has 0 saturated heterocycles. The maximum atomic E-state index is 14.7. The molecule has 0 unspecified atom stereocenters. The summed E-state index contributed by atoms with van der Waals surface area (Å²) in [5.41, 5.74) is 2.92. The average molecular weight is 328 g/mol. The second-order valence-electron chi connectivity index (χ2n) is 5.60. The van der Waals surface area contributed by atoms with E-state index in [9.17, 15) is 13.2 Å². The van der Waals surface area contributed by atoms with E-state index in [-0.39, 0.29) is 11.1 Å². The van der Waals surface area contributed by atoms with Gasteiger partial charge in [-0.3, -0.25) is 0 Å². The van der Waals surface area contributed by atoms with Crippen LogP contribution in [0.5, 0.6) is 0 Å². The Kier molecular flexibility index (Phi) is 5.45. The first kappa shape index (κ1) is 17.8. The van der Waals surface area contributed by atoms with Gasteiger partial charge < -0.3 is 0 Å². The minimum absolute atomic E-state index is 0.147. The van der Waals surface area contributed by atoms with Crippen LogP contribution in [0.2, 0.25) is 0 Å². The van der Waals surface area contributed by atoms with Gasteiger partial charge in [0, 0.05) is 5.56 Å². The molecule has 0 fully saturated rings. The number of benzene rings is 2. The van der Waals surface area contributed by atoms with Crippen LogP contribution in [0.1, 0.15) is 23.6 Å². The van der Waals surface area contributed by atoms with Gasteiger partial charge in [0.05, 0.1) is 0 Å². The van der Waals surface area contributed by atoms with Crippen molar-refractivity contribution in [1.82, 2.24) is 0 Å². The molecule has 24 heavy (non-hydrogen) atoms. The van der Waals surface area contributed by atoms with Gasteiger partial charge in [-0.2, -0.15) is 0 Å². The minimum atomic E-state index is -0.978. The van der Waals surface area contributed by atoms with Crippen molar-refractivity contribution < 1.29 is 13.2 Å². The largest absolute Gasteiger partial charge is 0.206 e. The van der Waals surface area contributed by atoms with Crippen molar-refractivity contribution in [2.75, 3.05) is 0 Å². The smallest absolute Gasteiger partial charge is 0.161 e. The molecule has 0 aliphatic rings. The molecule has 0 N–H and O–H groups in total. The SMILES string of the molecule is C=C/C=C(\C=C/C)c1cc(C)c(-c2cc(C)c(F)c(F)c2)c(F)c1. The minimum Gasteiger partial charge on any atom is -0.206 e. The van der Waals surface area contributed by atoms with Crippen LogP contribution in [0, 0.1) is 31.3 Å². The Labute approximate surface area is 140 Å². The molecule has 0 amide bonds. The summed E-state index contributed by atoms with van der Waals surface area (Å²) in [6.07, 6.45) is 7.14. The van der Waals surface area contributed by atoms with Gasteiger partial charge in [-0.05, 0) is 66.8 Å². The molecule has 124 valence electrons. The maximum Gasteiger partial charge on any atom is 0.161 e. The predicted molar refractivity (Wildman–Crippen MR) is 94.2 cm³/mol. The van der Waals surface area contributed by atoms with E-state index >= 15 is 0 Å². The summed E-state index contributed by atoms with van der Waals surface area (Å²) >= 11 is 0. The van der Waals surface area contributed by atoms with Crippen LogP contribution in [-0.4, -0.2) is 0 Å². The fraction of sp³-hybridized carbons (Fsp3) is 0.143. The van der Waals surface area contributed by atoms with Crippen LogP contribution in [0.3, 0.4) is 0 Å². The third-order valence-corrected chi connectivity index (χ3v) is 3.76. The molecule has 0 atom stereocenters. The van der Waals surface area contributed by atoms with Crippen LogP contribution in [0.25, 0.3) is 16.7 Å². The van der Waals surface area contributed by atoms with Crippen molar-refractivity contribution >= 4 is 5.57 Å². The summed E-state index contributed by atoms with van der Waals surface area (Å²) in [5, 5.41) is 0. The topological polar surface area (TPSA) is 0 Å². The third-order valence-electron chi connectivity index (χ3n) is 3.76. The fourth-order valence-electron chi connectivity index (χ4n) is 2.70. The molecule has 0 radical (unpaired) electrons. The molecule has 0 nitrogen and oxygen atoms in total. The highest BCUT2D eigenvalue weighted by atomic mass is 19.2. The van der Waals surface area contributed by atoms with Gasteiger partial charge in [0.1, 0.15) is 5.82 Å². The van der Waals surface area contributed by atoms with Crippen molar-refractivity contribution in [3.63, 3.8) is 0 Å². The number of hydrogen-bond donors (Lipinski definition) is 0. The zero-order valence-electron chi connectivity index (χ0n) is 14.0. The lowest BCUT2D eigenvalue weighted by Crippen LogP contribution is -1.96. The maximum absolute atomic E-state index is 14.7. The molecule has 2 rings (SSSR count). The van der Waals surface area contributed by atoms with Crippen LogP contribution < -0.4 is 0 Å². The van der Waals surface area contributed by atoms with E-state index in [1.54, 1.807) is 19.1 Å². The summed E-state index contributed by atoms with van der Waals surface area (Å²) in [7, 11) is 0. The van der Waals surface area contributed by atoms with E-state index in [1.807, 2.05) is 25.1 Å². The normalized spacial score (nSPS) is 12.0. The van der Waals surface area contributed by atoms with Crippen molar-refractivity contribution in [3.05, 3.63) is 89.3 Å². The van der Waals surface area contributed by atoms with Crippen LogP contribution in [0.4, 0.5) is 13.2 Å². The van der Waals surface area contributed by atoms with E-state index in [2.05, 4.69) is 6.58 Å². The zero-order valence-corrected chi connectivity index (χ0v) is 14.0. The standard InChI is InChI=1S/C21H19F3/c1-5-7-15(8-6-2)16-9-13(3)20(18(22)11-16)17-10-14(4)21(24)19(23)12-17/h5-12H,1H2,2-4H3/b8-6-,15-7+. The molecular formula is C21H19F3. The lowest BCUT2D eigenvalue weighted by molar-refractivity contribution is 0.503. The molecule has 0 aliphatic carbocycles. The number of halogens is 3. The lowest BCUT2D eigenvalue weighted by Gasteiger charge is -2.13. The van der Waals surface area contributed by atoms with Gasteiger partial charge in [-0.15, -0.1) is 0 Å². The van der Waals surface area contributed by atoms with E-state index in [4.69, 9.17) is 0 Å². The third kappa shape index (κ3) is 3.51. The van der Waals surface area contributed by atoms with Crippen molar-refractivity contribution in [3.8, 4) is 11.1 Å². The molecule has 3 heteroatoms. The first-order valence-corrected chi connectivity index (χ1v) is 7.61. The molecule has 0 aromatic heterocycles. The van der Waals surface area contributed by atoms with Crippen LogP contribution >= 0.6 is 0 Å². The van der Waals surface area contributed by atoms with E-state index in [0.717, 1.165) is 11.6 Å². The van der Waals surface area contributed by atoms with Gasteiger partial charge in [-0.25, -0.2) is 13.2 Å². The van der Waals surface area contributed by atoms with Gasteiger partial charge in [0.15, 0.2) is 11.6 Å². The molecule has 0 saturated carbocycles. The number of hydrogen-bond acceptors (Lipinski definition) is 0. The molecule has 0 heterocycles. The highest BCUT2D eigenvalue weighted by Crippen LogP contribution is 2.32. The Hall–Kier alpha value is -2.55. The first-order chi connectivity index (χ1) is 11.4. The number of rotatable bonds is 4. The summed E-state index contributed by atoms with van der Waals surface area (Å²) in [5.74, 6) is -2.36. The fourth-order valence-corrected chi connectivity index (χ4v) is 2.70. The van der Waals surface area contributed by atoms with Gasteiger partial charge in [0.2, 0.25) is 0 Å². The highest BCUT2D eigenvalue weighted by Gasteiger charge is 2.15. The Morgan fingerprint density at radius 2 is 1.67 bits per heavy atom. The predicted octanol–water partition coefficient (Wildman–Crippen LogP) is 6.53. The Balaban J connectivity index is 2.63. The molecule has 0 spiro atoms. The zero-order chi connectivity index (χ0) is 17.9. The van der Waals surface area contributed by atoms with Crippen molar-refractivity contribution in [2.24, 2.45) is 0 Å². The monoisotopic (exact) mass is 328 g/mol. The highest BCUT2D eigenvalue weighted by molar-refractivity contribution is 5.79. The van der Waals surface area contributed by atoms with Gasteiger partial charge in [0.25, 0.3) is 0 Å². The average Bonchev–Trinajstić information content (AvgIpc) is 2.51. The Bertz CT molecular complexity index is 796. The van der Waals surface area contributed by atoms with Gasteiger partial charge in [-0.1, -0.05) is 36.9 Å². The van der Waals surface area contributed by atoms with E-state index < -0.39 is 17.5 Å². The first-order valence-electron chi connectivity index (χ1n) is 7.61. The summed E-state index contributed by atoms with van der Waals surface area (Å²) in [6, 6.07) is 5.70. The molecule has 2 aromatic rings. The Morgan fingerprint density at radius 3 is 2.21 bits per heavy atom.